The molecule has 0 saturated carbocycles. The monoisotopic (exact) mass is 639 g/mol. The van der Waals surface area contributed by atoms with Crippen molar-refractivity contribution in [2.75, 3.05) is 50.8 Å². The molecule has 3 N–H and O–H groups in total. The quantitative estimate of drug-likeness (QED) is 0.234. The minimum Gasteiger partial charge on any atom is -0.456 e. The molecule has 1 amide bonds. The van der Waals surface area contributed by atoms with Crippen LogP contribution in [-0.4, -0.2) is 69.6 Å². The Morgan fingerprint density at radius 2 is 1.78 bits per heavy atom. The average molecular weight is 640 g/mol. The summed E-state index contributed by atoms with van der Waals surface area (Å²) in [6.45, 7) is 10.0. The van der Waals surface area contributed by atoms with Crippen LogP contribution in [0.2, 0.25) is 0 Å². The first-order valence-electron chi connectivity index (χ1n) is 15.0. The lowest BCUT2D eigenvalue weighted by atomic mass is 10.1. The molecule has 2 aromatic heterocycles. The molecule has 12 heteroatoms. The minimum atomic E-state index is -0.705. The number of pyridine rings is 1. The van der Waals surface area contributed by atoms with E-state index in [1.54, 1.807) is 54.7 Å². The van der Waals surface area contributed by atoms with E-state index in [0.717, 1.165) is 41.6 Å². The van der Waals surface area contributed by atoms with Gasteiger partial charge in [0.1, 0.15) is 28.4 Å². The smallest absolute Gasteiger partial charge is 0.335 e. The normalized spacial score (nSPS) is 13.7. The third-order valence-electron chi connectivity index (χ3n) is 7.77. The van der Waals surface area contributed by atoms with Gasteiger partial charge >= 0.3 is 5.69 Å². The molecular weight excluding hydrogens is 601 g/mol. The van der Waals surface area contributed by atoms with Crippen LogP contribution in [0.4, 0.5) is 11.5 Å². The van der Waals surface area contributed by atoms with Crippen LogP contribution >= 0.6 is 9.24 Å². The first-order chi connectivity index (χ1) is 22.0. The van der Waals surface area contributed by atoms with Gasteiger partial charge in [-0.25, -0.2) is 14.3 Å². The highest BCUT2D eigenvalue weighted by Gasteiger charge is 2.20. The van der Waals surface area contributed by atoms with Crippen LogP contribution in [0.1, 0.15) is 41.4 Å². The maximum absolute atomic E-state index is 13.5. The number of nitrogens with one attached hydrogen (secondary N) is 1. The number of nitrogens with two attached hydrogens (primary N) is 1. The van der Waals surface area contributed by atoms with Gasteiger partial charge in [0.05, 0.1) is 12.2 Å². The number of likely N-dealkylation sites (N-methyl/N-ethyl adjacent to an activating group) is 1. The summed E-state index contributed by atoms with van der Waals surface area (Å²) in [5, 5.41) is 3.70. The summed E-state index contributed by atoms with van der Waals surface area (Å²) in [6.07, 6.45) is 2.88. The van der Waals surface area contributed by atoms with Crippen LogP contribution < -0.4 is 32.3 Å². The van der Waals surface area contributed by atoms with E-state index in [0.29, 0.717) is 35.0 Å². The van der Waals surface area contributed by atoms with Crippen LogP contribution in [-0.2, 0) is 0 Å². The molecule has 2 aromatic carbocycles. The number of piperazine rings is 1. The van der Waals surface area contributed by atoms with Crippen LogP contribution in [0.5, 0.6) is 11.5 Å². The van der Waals surface area contributed by atoms with Crippen molar-refractivity contribution in [1.29, 1.82) is 0 Å². The lowest BCUT2D eigenvalue weighted by Crippen LogP contribution is -2.44. The molecule has 1 unspecified atom stereocenters. The van der Waals surface area contributed by atoms with Gasteiger partial charge in [0.2, 0.25) is 0 Å². The van der Waals surface area contributed by atoms with E-state index >= 15 is 0 Å². The summed E-state index contributed by atoms with van der Waals surface area (Å²) in [4.78, 5) is 48.9. The third-order valence-corrected chi connectivity index (χ3v) is 8.16. The Bertz CT molecular complexity index is 1930. The summed E-state index contributed by atoms with van der Waals surface area (Å²) in [5.74, 6) is 7.02. The lowest BCUT2D eigenvalue weighted by Gasteiger charge is -2.30. The lowest BCUT2D eigenvalue weighted by molar-refractivity contribution is 0.102. The van der Waals surface area contributed by atoms with Crippen LogP contribution in [0.25, 0.3) is 5.69 Å². The number of aryl methyl sites for hydroxylation is 1. The Labute approximate surface area is 270 Å². The molecule has 0 radical (unpaired) electrons. The second-order valence-electron chi connectivity index (χ2n) is 11.5. The standard InChI is InChI=1S/C34H38N7O4P/c1-22(2)40-21-28(33(43)41(34(40)44)25-8-10-26(46)11-9-25)32(42)37-24-7-12-29(23(3)20-24)45-30-13-14-36-31(35)27(30)6-5-15-39-18-16-38(4)17-19-39/h7-14,20-22H,15-19,46H2,1-4H3,(H2,35,36)(H,37,42). The number of aromatic nitrogens is 3. The van der Waals surface area contributed by atoms with Gasteiger partial charge in [-0.05, 0) is 69.0 Å². The van der Waals surface area contributed by atoms with Crippen LogP contribution in [0.15, 0.2) is 70.5 Å². The van der Waals surface area contributed by atoms with Crippen molar-refractivity contribution in [3.63, 3.8) is 0 Å². The average Bonchev–Trinajstić information content (AvgIpc) is 3.01. The Kier molecular flexibility index (Phi) is 10.0. The van der Waals surface area contributed by atoms with Gasteiger partial charge in [-0.2, -0.15) is 0 Å². The molecule has 1 aliphatic heterocycles. The van der Waals surface area contributed by atoms with E-state index < -0.39 is 17.2 Å². The van der Waals surface area contributed by atoms with Crippen molar-refractivity contribution in [2.45, 2.75) is 26.8 Å². The fourth-order valence-corrected chi connectivity index (χ4v) is 5.22. The van der Waals surface area contributed by atoms with Gasteiger partial charge < -0.3 is 20.7 Å². The first-order valence-corrected chi connectivity index (χ1v) is 15.6. The summed E-state index contributed by atoms with van der Waals surface area (Å²) >= 11 is 0. The summed E-state index contributed by atoms with van der Waals surface area (Å²) in [7, 11) is 4.67. The molecule has 0 spiro atoms. The molecule has 1 saturated heterocycles. The molecule has 11 nitrogen and oxygen atoms in total. The van der Waals surface area contributed by atoms with Crippen molar-refractivity contribution in [3.8, 4) is 29.0 Å². The molecule has 238 valence electrons. The number of nitrogens with zero attached hydrogens (tertiary/aromatic N) is 5. The molecule has 1 fully saturated rings. The van der Waals surface area contributed by atoms with Crippen molar-refractivity contribution in [3.05, 3.63) is 98.5 Å². The van der Waals surface area contributed by atoms with Crippen molar-refractivity contribution < 1.29 is 9.53 Å². The third kappa shape index (κ3) is 7.37. The summed E-state index contributed by atoms with van der Waals surface area (Å²) in [6, 6.07) is 13.5. The maximum Gasteiger partial charge on any atom is 0.335 e. The molecule has 0 aliphatic carbocycles. The molecule has 4 aromatic rings. The van der Waals surface area contributed by atoms with Crippen molar-refractivity contribution >= 4 is 32.0 Å². The SMILES string of the molecule is Cc1cc(NC(=O)c2cn(C(C)C)c(=O)n(-c3ccc(P)cc3)c2=O)ccc1Oc1ccnc(N)c1C#CCN1CCN(C)CC1. The second kappa shape index (κ2) is 14.1. The Hall–Kier alpha value is -4.75. The number of benzene rings is 2. The van der Waals surface area contributed by atoms with Gasteiger partial charge in [-0.15, -0.1) is 9.24 Å². The number of hydrogen-bond donors (Lipinski definition) is 2. The predicted octanol–water partition coefficient (Wildman–Crippen LogP) is 3.01. The van der Waals surface area contributed by atoms with Gasteiger partial charge in [-0.3, -0.25) is 19.1 Å². The molecule has 46 heavy (non-hydrogen) atoms. The zero-order chi connectivity index (χ0) is 33.0. The van der Waals surface area contributed by atoms with E-state index in [1.807, 2.05) is 20.8 Å². The van der Waals surface area contributed by atoms with Gasteiger partial charge in [0.15, 0.2) is 0 Å². The topological polar surface area (TPSA) is 128 Å². The molecule has 1 atom stereocenters. The van der Waals surface area contributed by atoms with Crippen molar-refractivity contribution in [2.24, 2.45) is 0 Å². The molecular formula is C34H38N7O4P. The fraction of sp³-hybridized carbons (Fsp3) is 0.294. The number of anilines is 2. The van der Waals surface area contributed by atoms with Gasteiger partial charge in [-0.1, -0.05) is 24.0 Å². The van der Waals surface area contributed by atoms with Crippen LogP contribution in [0, 0.1) is 18.8 Å². The minimum absolute atomic E-state index is 0.159. The fourth-order valence-electron chi connectivity index (χ4n) is 5.02. The zero-order valence-electron chi connectivity index (χ0n) is 26.4. The van der Waals surface area contributed by atoms with E-state index in [-0.39, 0.29) is 17.4 Å². The van der Waals surface area contributed by atoms with Gasteiger partial charge in [0, 0.05) is 56.4 Å². The highest BCUT2D eigenvalue weighted by Crippen LogP contribution is 2.31. The number of ether oxygens (including phenoxy) is 1. The van der Waals surface area contributed by atoms with E-state index in [4.69, 9.17) is 10.5 Å². The number of amides is 1. The Balaban J connectivity index is 1.36. The Morgan fingerprint density at radius 1 is 1.07 bits per heavy atom. The van der Waals surface area contributed by atoms with Crippen molar-refractivity contribution in [1.82, 2.24) is 23.9 Å². The zero-order valence-corrected chi connectivity index (χ0v) is 27.6. The number of hydrogen-bond acceptors (Lipinski definition) is 8. The Morgan fingerprint density at radius 3 is 2.46 bits per heavy atom. The molecule has 3 heterocycles. The maximum atomic E-state index is 13.5. The van der Waals surface area contributed by atoms with E-state index in [9.17, 15) is 14.4 Å². The largest absolute Gasteiger partial charge is 0.456 e. The predicted molar refractivity (Wildman–Crippen MR) is 185 cm³/mol. The summed E-state index contributed by atoms with van der Waals surface area (Å²) in [5.41, 5.74) is 6.87. The molecule has 5 rings (SSSR count). The first kappa shape index (κ1) is 32.6. The summed E-state index contributed by atoms with van der Waals surface area (Å²) < 4.78 is 8.62. The number of carbonyl (C=O) groups excluding carboxylic acids is 1. The van der Waals surface area contributed by atoms with E-state index in [1.165, 1.54) is 10.8 Å². The number of carbonyl (C=O) groups is 1. The molecule has 0 bridgehead atoms. The van der Waals surface area contributed by atoms with E-state index in [2.05, 4.69) is 48.2 Å². The van der Waals surface area contributed by atoms with Crippen LogP contribution in [0.3, 0.4) is 0 Å². The number of rotatable bonds is 7. The number of nitrogen functional groups attached to an aromatic ring is 1. The van der Waals surface area contributed by atoms with Gasteiger partial charge in [0.25, 0.3) is 11.5 Å². The highest BCUT2D eigenvalue weighted by atomic mass is 31.0. The second-order valence-corrected chi connectivity index (χ2v) is 12.2. The molecule has 1 aliphatic rings. The highest BCUT2D eigenvalue weighted by molar-refractivity contribution is 7.27.